The highest BCUT2D eigenvalue weighted by Crippen LogP contribution is 2.06. The van der Waals surface area contributed by atoms with Gasteiger partial charge >= 0.3 is 0 Å². The molecule has 0 aromatic carbocycles. The van der Waals surface area contributed by atoms with Crippen LogP contribution in [0.15, 0.2) is 0 Å². The number of ether oxygens (including phenoxy) is 2. The lowest BCUT2D eigenvalue weighted by Crippen LogP contribution is -2.13. The highest BCUT2D eigenvalue weighted by molar-refractivity contribution is 4.59. The highest BCUT2D eigenvalue weighted by atomic mass is 16.5. The van der Waals surface area contributed by atoms with E-state index in [0.29, 0.717) is 6.10 Å². The summed E-state index contributed by atoms with van der Waals surface area (Å²) >= 11 is 0. The zero-order valence-corrected chi connectivity index (χ0v) is 8.34. The first kappa shape index (κ1) is 11.9. The maximum atomic E-state index is 5.57. The Kier molecular flexibility index (Phi) is 8.95. The molecule has 0 saturated heterocycles. The molecule has 2 nitrogen and oxygen atoms in total. The summed E-state index contributed by atoms with van der Waals surface area (Å²) < 4.78 is 10.5. The molecule has 1 radical (unpaired) electrons. The predicted octanol–water partition coefficient (Wildman–Crippen LogP) is 2.43. The Labute approximate surface area is 76.3 Å². The van der Waals surface area contributed by atoms with E-state index in [1.165, 1.54) is 0 Å². The van der Waals surface area contributed by atoms with Gasteiger partial charge in [0.2, 0.25) is 0 Å². The molecule has 1 unspecified atom stereocenters. The van der Waals surface area contributed by atoms with E-state index in [-0.39, 0.29) is 0 Å². The van der Waals surface area contributed by atoms with Gasteiger partial charge in [-0.3, -0.25) is 0 Å². The average molecular weight is 173 g/mol. The molecule has 0 aromatic rings. The van der Waals surface area contributed by atoms with Gasteiger partial charge in [-0.05, 0) is 25.7 Å². The zero-order chi connectivity index (χ0) is 9.23. The summed E-state index contributed by atoms with van der Waals surface area (Å²) in [6.07, 6.45) is 4.42. The summed E-state index contributed by atoms with van der Waals surface area (Å²) in [5.41, 5.74) is 0. The average Bonchev–Trinajstić information content (AvgIpc) is 2.11. The molecule has 0 bridgehead atoms. The van der Waals surface area contributed by atoms with Crippen LogP contribution in [0.2, 0.25) is 0 Å². The second-order valence-corrected chi connectivity index (χ2v) is 2.92. The molecule has 0 aliphatic heterocycles. The minimum absolute atomic E-state index is 0.333. The normalized spacial score (nSPS) is 13.2. The van der Waals surface area contributed by atoms with Gasteiger partial charge in [0.05, 0.1) is 6.10 Å². The smallest absolute Gasteiger partial charge is 0.0576 e. The number of hydrogen-bond acceptors (Lipinski definition) is 2. The van der Waals surface area contributed by atoms with Crippen LogP contribution in [0.5, 0.6) is 0 Å². The van der Waals surface area contributed by atoms with Crippen LogP contribution in [0.4, 0.5) is 0 Å². The lowest BCUT2D eigenvalue weighted by Gasteiger charge is -2.14. The Balaban J connectivity index is 3.26. The van der Waals surface area contributed by atoms with Gasteiger partial charge in [-0.1, -0.05) is 13.8 Å². The third-order valence-corrected chi connectivity index (χ3v) is 1.75. The van der Waals surface area contributed by atoms with Gasteiger partial charge in [0.25, 0.3) is 0 Å². The summed E-state index contributed by atoms with van der Waals surface area (Å²) in [6.45, 7) is 7.65. The minimum Gasteiger partial charge on any atom is -0.385 e. The van der Waals surface area contributed by atoms with Gasteiger partial charge in [0, 0.05) is 20.3 Å². The van der Waals surface area contributed by atoms with Gasteiger partial charge < -0.3 is 9.47 Å². The molecule has 0 heterocycles. The maximum Gasteiger partial charge on any atom is 0.0576 e. The third kappa shape index (κ3) is 6.62. The summed E-state index contributed by atoms with van der Waals surface area (Å²) in [5.74, 6) is 0. The fourth-order valence-electron chi connectivity index (χ4n) is 1.05. The fourth-order valence-corrected chi connectivity index (χ4v) is 1.05. The number of rotatable bonds is 8. The molecular weight excluding hydrogens is 152 g/mol. The lowest BCUT2D eigenvalue weighted by molar-refractivity contribution is 0.0427. The molecule has 2 heteroatoms. The molecule has 0 aliphatic rings. The van der Waals surface area contributed by atoms with Crippen LogP contribution in [0.25, 0.3) is 0 Å². The Hall–Kier alpha value is -0.0800. The molecule has 0 aliphatic carbocycles. The van der Waals surface area contributed by atoms with Crippen molar-refractivity contribution in [1.29, 1.82) is 0 Å². The largest absolute Gasteiger partial charge is 0.385 e. The monoisotopic (exact) mass is 173 g/mol. The van der Waals surface area contributed by atoms with E-state index in [1.54, 1.807) is 7.11 Å². The van der Waals surface area contributed by atoms with E-state index in [4.69, 9.17) is 9.47 Å². The molecule has 12 heavy (non-hydrogen) atoms. The van der Waals surface area contributed by atoms with Crippen LogP contribution >= 0.6 is 0 Å². The quantitative estimate of drug-likeness (QED) is 0.525. The first-order chi connectivity index (χ1) is 5.85. The van der Waals surface area contributed by atoms with Crippen molar-refractivity contribution in [1.82, 2.24) is 0 Å². The van der Waals surface area contributed by atoms with Gasteiger partial charge in [-0.25, -0.2) is 0 Å². The number of hydrogen-bond donors (Lipinski definition) is 0. The van der Waals surface area contributed by atoms with Crippen LogP contribution in [-0.4, -0.2) is 26.4 Å². The molecule has 0 amide bonds. The van der Waals surface area contributed by atoms with Crippen molar-refractivity contribution < 1.29 is 9.47 Å². The van der Waals surface area contributed by atoms with Crippen molar-refractivity contribution in [3.63, 3.8) is 0 Å². The summed E-state index contributed by atoms with van der Waals surface area (Å²) in [4.78, 5) is 0. The van der Waals surface area contributed by atoms with E-state index >= 15 is 0 Å². The van der Waals surface area contributed by atoms with Crippen molar-refractivity contribution in [2.24, 2.45) is 0 Å². The van der Waals surface area contributed by atoms with Crippen molar-refractivity contribution in [2.75, 3.05) is 20.3 Å². The van der Waals surface area contributed by atoms with Crippen LogP contribution in [0.3, 0.4) is 0 Å². The third-order valence-electron chi connectivity index (χ3n) is 1.75. The van der Waals surface area contributed by atoms with Crippen molar-refractivity contribution in [3.05, 3.63) is 6.92 Å². The lowest BCUT2D eigenvalue weighted by atomic mass is 10.1. The first-order valence-corrected chi connectivity index (χ1v) is 4.74. The molecular formula is C10H21O2. The van der Waals surface area contributed by atoms with Crippen molar-refractivity contribution >= 4 is 0 Å². The van der Waals surface area contributed by atoms with Crippen molar-refractivity contribution in [2.45, 2.75) is 38.7 Å². The van der Waals surface area contributed by atoms with E-state index < -0.39 is 0 Å². The highest BCUT2D eigenvalue weighted by Gasteiger charge is 2.04. The van der Waals surface area contributed by atoms with Crippen LogP contribution in [0.1, 0.15) is 32.6 Å². The Bertz CT molecular complexity index is 83.9. The Morgan fingerprint density at radius 1 is 1.33 bits per heavy atom. The topological polar surface area (TPSA) is 18.5 Å². The molecule has 0 rings (SSSR count). The van der Waals surface area contributed by atoms with Crippen LogP contribution in [0, 0.1) is 6.92 Å². The molecule has 0 spiro atoms. The summed E-state index contributed by atoms with van der Waals surface area (Å²) in [7, 11) is 1.73. The Morgan fingerprint density at radius 3 is 2.58 bits per heavy atom. The van der Waals surface area contributed by atoms with Crippen molar-refractivity contribution in [3.8, 4) is 0 Å². The van der Waals surface area contributed by atoms with E-state index in [0.717, 1.165) is 38.9 Å². The SMILES string of the molecule is [CH2]CC(CCCOC)OCCC. The maximum absolute atomic E-state index is 5.57. The Morgan fingerprint density at radius 2 is 2.08 bits per heavy atom. The summed E-state index contributed by atoms with van der Waals surface area (Å²) in [6, 6.07) is 0. The number of methoxy groups -OCH3 is 1. The fraction of sp³-hybridized carbons (Fsp3) is 0.900. The van der Waals surface area contributed by atoms with Gasteiger partial charge in [-0.15, -0.1) is 0 Å². The van der Waals surface area contributed by atoms with E-state index in [1.807, 2.05) is 0 Å². The molecule has 0 saturated carbocycles. The standard InChI is InChI=1S/C10H21O2/c1-4-8-12-10(5-2)7-6-9-11-3/h10H,2,4-9H2,1,3H3. The molecule has 0 aromatic heterocycles. The minimum atomic E-state index is 0.333. The van der Waals surface area contributed by atoms with Crippen LogP contribution in [-0.2, 0) is 9.47 Å². The van der Waals surface area contributed by atoms with Gasteiger partial charge in [0.15, 0.2) is 0 Å². The van der Waals surface area contributed by atoms with Gasteiger partial charge in [0.1, 0.15) is 0 Å². The predicted molar refractivity (Wildman–Crippen MR) is 51.1 cm³/mol. The van der Waals surface area contributed by atoms with E-state index in [9.17, 15) is 0 Å². The molecule has 1 atom stereocenters. The molecule has 73 valence electrons. The first-order valence-electron chi connectivity index (χ1n) is 4.74. The summed E-state index contributed by atoms with van der Waals surface area (Å²) in [5, 5.41) is 0. The van der Waals surface area contributed by atoms with Crippen LogP contribution < -0.4 is 0 Å². The second-order valence-electron chi connectivity index (χ2n) is 2.92. The van der Waals surface area contributed by atoms with Gasteiger partial charge in [-0.2, -0.15) is 0 Å². The second kappa shape index (κ2) is 9.01. The molecule has 0 N–H and O–H groups in total. The molecule has 0 fully saturated rings. The van der Waals surface area contributed by atoms with E-state index in [2.05, 4.69) is 13.8 Å². The zero-order valence-electron chi connectivity index (χ0n) is 8.34.